The second-order valence-corrected chi connectivity index (χ2v) is 11.6. The zero-order valence-corrected chi connectivity index (χ0v) is 22.9. The van der Waals surface area contributed by atoms with E-state index in [0.29, 0.717) is 35.9 Å². The monoisotopic (exact) mass is 547 g/mol. The third-order valence-corrected chi connectivity index (χ3v) is 9.29. The van der Waals surface area contributed by atoms with Crippen LogP contribution < -0.4 is 25.6 Å². The summed E-state index contributed by atoms with van der Waals surface area (Å²) in [6.45, 7) is 5.79. The van der Waals surface area contributed by atoms with Crippen molar-refractivity contribution in [1.82, 2.24) is 20.9 Å². The Hall–Kier alpha value is -3.50. The second-order valence-electron chi connectivity index (χ2n) is 10.4. The van der Waals surface area contributed by atoms with Gasteiger partial charge in [-0.05, 0) is 62.2 Å². The van der Waals surface area contributed by atoms with Crippen LogP contribution in [0.5, 0.6) is 11.5 Å². The minimum Gasteiger partial charge on any atom is -0.457 e. The van der Waals surface area contributed by atoms with Crippen LogP contribution in [0.4, 0.5) is 10.5 Å². The number of amides is 4. The number of hydrogen-bond acceptors (Lipinski definition) is 6. The highest BCUT2D eigenvalue weighted by Gasteiger charge is 2.52. The molecule has 0 aromatic heterocycles. The van der Waals surface area contributed by atoms with Crippen LogP contribution in [0.1, 0.15) is 31.7 Å². The van der Waals surface area contributed by atoms with Gasteiger partial charge in [-0.3, -0.25) is 14.5 Å². The molecule has 0 radical (unpaired) electrons. The third kappa shape index (κ3) is 4.87. The van der Waals surface area contributed by atoms with E-state index in [1.54, 1.807) is 4.90 Å². The highest BCUT2D eigenvalue weighted by Crippen LogP contribution is 2.48. The van der Waals surface area contributed by atoms with Gasteiger partial charge in [-0.15, -0.1) is 0 Å². The first-order valence-electron chi connectivity index (χ1n) is 13.6. The van der Waals surface area contributed by atoms with Crippen molar-refractivity contribution in [3.05, 3.63) is 64.7 Å². The quantitative estimate of drug-likeness (QED) is 0.510. The molecule has 3 fully saturated rings. The van der Waals surface area contributed by atoms with E-state index in [9.17, 15) is 14.4 Å². The van der Waals surface area contributed by atoms with Crippen LogP contribution in [0.25, 0.3) is 0 Å². The van der Waals surface area contributed by atoms with Gasteiger partial charge in [0, 0.05) is 42.9 Å². The fourth-order valence-electron chi connectivity index (χ4n) is 6.07. The van der Waals surface area contributed by atoms with Crippen molar-refractivity contribution < 1.29 is 19.1 Å². The number of nitrogens with one attached hydrogen (secondary N) is 3. The Labute approximate surface area is 232 Å². The van der Waals surface area contributed by atoms with Crippen molar-refractivity contribution in [2.45, 2.75) is 50.6 Å². The van der Waals surface area contributed by atoms with Gasteiger partial charge in [0.05, 0.1) is 16.3 Å². The molecule has 2 aromatic carbocycles. The predicted octanol–water partition coefficient (Wildman–Crippen LogP) is 3.71. The van der Waals surface area contributed by atoms with Crippen LogP contribution in [0.3, 0.4) is 0 Å². The Bertz CT molecular complexity index is 1330. The summed E-state index contributed by atoms with van der Waals surface area (Å²) < 4.78 is 5.99. The second kappa shape index (κ2) is 10.6. The average Bonchev–Trinajstić information content (AvgIpc) is 3.55. The summed E-state index contributed by atoms with van der Waals surface area (Å²) in [7, 11) is 0. The molecular formula is C29H33N5O4S. The zero-order chi connectivity index (χ0) is 27.1. The lowest BCUT2D eigenvalue weighted by atomic mass is 9.86. The number of anilines is 1. The van der Waals surface area contributed by atoms with Crippen molar-refractivity contribution in [3.8, 4) is 11.5 Å². The number of benzene rings is 2. The van der Waals surface area contributed by atoms with E-state index in [0.717, 1.165) is 36.4 Å². The number of hydrogen-bond donors (Lipinski definition) is 3. The topological polar surface area (TPSA) is 103 Å². The Kier molecular flexibility index (Phi) is 6.99. The van der Waals surface area contributed by atoms with Crippen LogP contribution in [0.15, 0.2) is 59.1 Å². The summed E-state index contributed by atoms with van der Waals surface area (Å²) in [4.78, 5) is 43.3. The van der Waals surface area contributed by atoms with E-state index in [1.807, 2.05) is 67.3 Å². The number of thioether (sulfide) groups is 1. The molecule has 3 N–H and O–H groups in total. The van der Waals surface area contributed by atoms with Gasteiger partial charge >= 0.3 is 6.03 Å². The highest BCUT2D eigenvalue weighted by molar-refractivity contribution is 8.04. The number of carbonyl (C=O) groups is 3. The van der Waals surface area contributed by atoms with Crippen molar-refractivity contribution in [2.24, 2.45) is 5.92 Å². The fraction of sp³-hybridized carbons (Fsp3) is 0.414. The molecule has 4 amide bonds. The molecule has 4 aliphatic heterocycles. The third-order valence-electron chi connectivity index (χ3n) is 7.93. The largest absolute Gasteiger partial charge is 0.457 e. The summed E-state index contributed by atoms with van der Waals surface area (Å²) in [5.41, 5.74) is 2.49. The van der Waals surface area contributed by atoms with E-state index >= 15 is 0 Å². The minimum atomic E-state index is -0.222. The molecule has 9 nitrogen and oxygen atoms in total. The van der Waals surface area contributed by atoms with Crippen molar-refractivity contribution in [2.75, 3.05) is 24.5 Å². The van der Waals surface area contributed by atoms with E-state index < -0.39 is 0 Å². The van der Waals surface area contributed by atoms with Crippen LogP contribution in [0, 0.1) is 12.8 Å². The maximum Gasteiger partial charge on any atom is 0.326 e. The first-order chi connectivity index (χ1) is 18.9. The molecule has 0 bridgehead atoms. The molecule has 204 valence electrons. The number of rotatable bonds is 6. The number of aryl methyl sites for hydroxylation is 1. The Balaban J connectivity index is 1.21. The molecule has 0 spiro atoms. The zero-order valence-electron chi connectivity index (χ0n) is 22.1. The van der Waals surface area contributed by atoms with E-state index in [-0.39, 0.29) is 41.2 Å². The van der Waals surface area contributed by atoms with Gasteiger partial charge < -0.3 is 25.6 Å². The van der Waals surface area contributed by atoms with Crippen LogP contribution in [0.2, 0.25) is 0 Å². The maximum absolute atomic E-state index is 13.6. The van der Waals surface area contributed by atoms with Crippen molar-refractivity contribution in [1.29, 1.82) is 0 Å². The lowest BCUT2D eigenvalue weighted by Gasteiger charge is -2.46. The fourth-order valence-corrected chi connectivity index (χ4v) is 7.47. The van der Waals surface area contributed by atoms with Gasteiger partial charge in [0.1, 0.15) is 11.5 Å². The molecule has 6 rings (SSSR count). The number of nitrogens with zero attached hydrogens (tertiary/aromatic N) is 2. The number of para-hydroxylation sites is 1. The summed E-state index contributed by atoms with van der Waals surface area (Å²) in [6, 6.07) is 15.0. The van der Waals surface area contributed by atoms with Gasteiger partial charge in [-0.1, -0.05) is 36.9 Å². The lowest BCUT2D eigenvalue weighted by Crippen LogP contribution is -2.62. The van der Waals surface area contributed by atoms with E-state index in [4.69, 9.17) is 4.74 Å². The standard InChI is InChI=1S/C29H33N5O4S/c1-3-23(35)33-14-12-18(16-33)31-27(36)26-25-24-22(11-13-30-28(24)39-26)34(29(37)32-25)21-10-9-20(15-17(21)2)38-19-7-5-4-6-8-19/h4-10,15,18,22,24,28,30H,3,11-14,16H2,1-2H3,(H,31,36)(H,32,37)/t18-,22?,24?,28?/m1/s1. The highest BCUT2D eigenvalue weighted by atomic mass is 32.2. The smallest absolute Gasteiger partial charge is 0.326 e. The van der Waals surface area contributed by atoms with Crippen molar-refractivity contribution in [3.63, 3.8) is 0 Å². The molecule has 10 heteroatoms. The van der Waals surface area contributed by atoms with Crippen LogP contribution in [-0.4, -0.2) is 59.8 Å². The summed E-state index contributed by atoms with van der Waals surface area (Å²) in [5, 5.41) is 9.75. The first kappa shape index (κ1) is 25.8. The van der Waals surface area contributed by atoms with Crippen molar-refractivity contribution >= 4 is 35.3 Å². The number of ether oxygens (including phenoxy) is 1. The maximum atomic E-state index is 13.6. The summed E-state index contributed by atoms with van der Waals surface area (Å²) in [5.74, 6) is 1.38. The number of urea groups is 1. The molecule has 4 heterocycles. The Morgan fingerprint density at radius 1 is 1.13 bits per heavy atom. The molecule has 0 aliphatic carbocycles. The SMILES string of the molecule is CCC(=O)N1CC[C@@H](NC(=O)C2=C3NC(=O)N(c4ccc(Oc5ccccc5)cc4C)C4CCNC(S2)C34)C1. The molecule has 3 saturated heterocycles. The van der Waals surface area contributed by atoms with Gasteiger partial charge in [-0.2, -0.15) is 0 Å². The molecular weight excluding hydrogens is 514 g/mol. The average molecular weight is 548 g/mol. The first-order valence-corrected chi connectivity index (χ1v) is 14.5. The van der Waals surface area contributed by atoms with Gasteiger partial charge in [0.2, 0.25) is 5.91 Å². The molecule has 39 heavy (non-hydrogen) atoms. The predicted molar refractivity (Wildman–Crippen MR) is 150 cm³/mol. The Morgan fingerprint density at radius 2 is 1.95 bits per heavy atom. The number of likely N-dealkylation sites (tertiary alicyclic amines) is 1. The van der Waals surface area contributed by atoms with E-state index in [2.05, 4.69) is 16.0 Å². The molecule has 4 aliphatic rings. The molecule has 2 aromatic rings. The number of piperidine rings is 1. The molecule has 4 atom stereocenters. The molecule has 0 saturated carbocycles. The molecule has 3 unspecified atom stereocenters. The normalized spacial score (nSPS) is 25.8. The van der Waals surface area contributed by atoms with Crippen LogP contribution >= 0.6 is 11.8 Å². The van der Waals surface area contributed by atoms with Crippen LogP contribution in [-0.2, 0) is 9.59 Å². The van der Waals surface area contributed by atoms with Gasteiger partial charge in [-0.25, -0.2) is 4.79 Å². The Morgan fingerprint density at radius 3 is 2.72 bits per heavy atom. The lowest BCUT2D eigenvalue weighted by molar-refractivity contribution is -0.130. The summed E-state index contributed by atoms with van der Waals surface area (Å²) in [6.07, 6.45) is 1.99. The van der Waals surface area contributed by atoms with Gasteiger partial charge in [0.25, 0.3) is 5.91 Å². The van der Waals surface area contributed by atoms with E-state index in [1.165, 1.54) is 11.8 Å². The minimum absolute atomic E-state index is 0.00494. The number of carbonyl (C=O) groups excluding carboxylic acids is 3. The van der Waals surface area contributed by atoms with Gasteiger partial charge in [0.15, 0.2) is 0 Å². The summed E-state index contributed by atoms with van der Waals surface area (Å²) >= 11 is 1.50.